The van der Waals surface area contributed by atoms with E-state index in [1.807, 2.05) is 18.6 Å². The minimum Gasteiger partial charge on any atom is -0.252 e. The minimum atomic E-state index is 1.12. The number of hydrogen-bond acceptors (Lipinski definition) is 1. The molecule has 0 unspecified atom stereocenters. The molecule has 0 aliphatic carbocycles. The third kappa shape index (κ3) is 2.50. The maximum absolute atomic E-state index is 4.19. The van der Waals surface area contributed by atoms with Crippen LogP contribution in [-0.2, 0) is 0 Å². The van der Waals surface area contributed by atoms with Crippen LogP contribution in [0.3, 0.4) is 0 Å². The van der Waals surface area contributed by atoms with Crippen molar-refractivity contribution < 1.29 is 9.13 Å². The summed E-state index contributed by atoms with van der Waals surface area (Å²) in [5, 5.41) is 0. The zero-order valence-corrected chi connectivity index (χ0v) is 13.5. The maximum atomic E-state index is 4.19. The Morgan fingerprint density at radius 3 is 2.14 bits per heavy atom. The summed E-state index contributed by atoms with van der Waals surface area (Å²) in [6.07, 6.45) is 7.85. The van der Waals surface area contributed by atoms with Gasteiger partial charge in [-0.1, -0.05) is 6.07 Å². The smallest absolute Gasteiger partial charge is 0.220 e. The summed E-state index contributed by atoms with van der Waals surface area (Å²) in [5.41, 5.74) is 7.26. The van der Waals surface area contributed by atoms with Crippen LogP contribution < -0.4 is 9.13 Å². The summed E-state index contributed by atoms with van der Waals surface area (Å²) < 4.78 is 4.43. The van der Waals surface area contributed by atoms with Gasteiger partial charge in [-0.2, -0.15) is 9.13 Å². The standard InChI is InChI=1S/C19H21N3/c1-14-11-18(21-9-6-5-7-15(21)2)17(4)19(12-14)22-10-8-20-13-16(22)3/h5-13H,1-4H3/q+2. The van der Waals surface area contributed by atoms with Crippen LogP contribution in [0.2, 0.25) is 0 Å². The Kier molecular flexibility index (Phi) is 3.72. The lowest BCUT2D eigenvalue weighted by atomic mass is 10.1. The average molecular weight is 291 g/mol. The molecule has 0 radical (unpaired) electrons. The molecule has 0 spiro atoms. The monoisotopic (exact) mass is 291 g/mol. The lowest BCUT2D eigenvalue weighted by Crippen LogP contribution is -2.39. The normalized spacial score (nSPS) is 10.7. The molecule has 22 heavy (non-hydrogen) atoms. The van der Waals surface area contributed by atoms with Crippen LogP contribution in [0.5, 0.6) is 0 Å². The van der Waals surface area contributed by atoms with E-state index in [-0.39, 0.29) is 0 Å². The molecular formula is C19H21N3+2. The van der Waals surface area contributed by atoms with Gasteiger partial charge in [0.15, 0.2) is 18.1 Å². The average Bonchev–Trinajstić information content (AvgIpc) is 2.51. The van der Waals surface area contributed by atoms with Crippen molar-refractivity contribution in [1.82, 2.24) is 4.98 Å². The van der Waals surface area contributed by atoms with E-state index in [9.17, 15) is 0 Å². The molecule has 0 saturated heterocycles. The zero-order chi connectivity index (χ0) is 15.7. The number of aromatic nitrogens is 3. The first-order valence-corrected chi connectivity index (χ1v) is 7.49. The lowest BCUT2D eigenvalue weighted by Gasteiger charge is -2.07. The molecule has 0 N–H and O–H groups in total. The Hall–Kier alpha value is -2.55. The van der Waals surface area contributed by atoms with E-state index in [1.165, 1.54) is 28.2 Å². The number of aryl methyl sites for hydroxylation is 3. The van der Waals surface area contributed by atoms with E-state index in [2.05, 4.69) is 78.3 Å². The number of benzene rings is 1. The fourth-order valence-electron chi connectivity index (χ4n) is 2.83. The third-order valence-electron chi connectivity index (χ3n) is 4.02. The predicted molar refractivity (Wildman–Crippen MR) is 86.2 cm³/mol. The quantitative estimate of drug-likeness (QED) is 0.665. The molecule has 0 aliphatic rings. The number of nitrogens with zero attached hydrogens (tertiary/aromatic N) is 3. The van der Waals surface area contributed by atoms with Gasteiger partial charge < -0.3 is 0 Å². The fourth-order valence-corrected chi connectivity index (χ4v) is 2.83. The summed E-state index contributed by atoms with van der Waals surface area (Å²) in [7, 11) is 0. The van der Waals surface area contributed by atoms with E-state index in [0.29, 0.717) is 0 Å². The van der Waals surface area contributed by atoms with Crippen molar-refractivity contribution in [2.24, 2.45) is 0 Å². The first-order valence-electron chi connectivity index (χ1n) is 7.49. The molecule has 110 valence electrons. The van der Waals surface area contributed by atoms with Gasteiger partial charge in [0.25, 0.3) is 0 Å². The Bertz CT molecular complexity index is 771. The summed E-state index contributed by atoms with van der Waals surface area (Å²) in [6.45, 7) is 8.53. The van der Waals surface area contributed by atoms with Gasteiger partial charge >= 0.3 is 0 Å². The van der Waals surface area contributed by atoms with Crippen LogP contribution >= 0.6 is 0 Å². The third-order valence-corrected chi connectivity index (χ3v) is 4.02. The Balaban J connectivity index is 2.28. The highest BCUT2D eigenvalue weighted by atomic mass is 15.0. The van der Waals surface area contributed by atoms with Gasteiger partial charge in [-0.15, -0.1) is 0 Å². The first-order chi connectivity index (χ1) is 10.6. The molecule has 0 fully saturated rings. The van der Waals surface area contributed by atoms with Gasteiger partial charge in [-0.05, 0) is 19.4 Å². The molecule has 1 aromatic carbocycles. The van der Waals surface area contributed by atoms with E-state index < -0.39 is 0 Å². The van der Waals surface area contributed by atoms with Gasteiger partial charge in [0.05, 0.1) is 18.0 Å². The van der Waals surface area contributed by atoms with Crippen LogP contribution in [0.4, 0.5) is 0 Å². The van der Waals surface area contributed by atoms with E-state index in [4.69, 9.17) is 0 Å². The second kappa shape index (κ2) is 5.68. The Morgan fingerprint density at radius 2 is 1.50 bits per heavy atom. The lowest BCUT2D eigenvalue weighted by molar-refractivity contribution is -0.612. The van der Waals surface area contributed by atoms with Crippen molar-refractivity contribution in [3.8, 4) is 11.4 Å². The molecule has 0 atom stereocenters. The van der Waals surface area contributed by atoms with Crippen LogP contribution in [0, 0.1) is 27.7 Å². The van der Waals surface area contributed by atoms with Crippen LogP contribution in [0.1, 0.15) is 22.5 Å². The topological polar surface area (TPSA) is 20.6 Å². The van der Waals surface area contributed by atoms with Gasteiger partial charge in [0, 0.05) is 38.1 Å². The highest BCUT2D eigenvalue weighted by Gasteiger charge is 2.22. The fraction of sp³-hybridized carbons (Fsp3) is 0.211. The van der Waals surface area contributed by atoms with Crippen molar-refractivity contribution in [2.75, 3.05) is 0 Å². The number of hydrogen-bond donors (Lipinski definition) is 0. The van der Waals surface area contributed by atoms with E-state index in [0.717, 1.165) is 5.69 Å². The summed E-state index contributed by atoms with van der Waals surface area (Å²) in [5.74, 6) is 0. The second-order valence-corrected chi connectivity index (χ2v) is 5.73. The number of pyridine rings is 1. The van der Waals surface area contributed by atoms with Gasteiger partial charge in [0.2, 0.25) is 17.1 Å². The summed E-state index contributed by atoms with van der Waals surface area (Å²) in [6, 6.07) is 10.7. The molecule has 2 aromatic heterocycles. The van der Waals surface area contributed by atoms with E-state index >= 15 is 0 Å². The molecule has 2 heterocycles. The summed E-state index contributed by atoms with van der Waals surface area (Å²) >= 11 is 0. The van der Waals surface area contributed by atoms with Crippen molar-refractivity contribution in [3.05, 3.63) is 77.6 Å². The maximum Gasteiger partial charge on any atom is 0.220 e. The highest BCUT2D eigenvalue weighted by Crippen LogP contribution is 2.18. The van der Waals surface area contributed by atoms with Gasteiger partial charge in [0.1, 0.15) is 0 Å². The SMILES string of the molecule is Cc1cc(-[n+]2ccccc2C)c(C)c(-[n+]2ccncc2C)c1. The Morgan fingerprint density at radius 1 is 0.818 bits per heavy atom. The van der Waals surface area contributed by atoms with E-state index in [1.54, 1.807) is 0 Å². The minimum absolute atomic E-state index is 1.12. The predicted octanol–water partition coefficient (Wildman–Crippen LogP) is 2.87. The first kappa shape index (κ1) is 14.4. The highest BCUT2D eigenvalue weighted by molar-refractivity contribution is 5.47. The molecule has 0 bridgehead atoms. The molecule has 0 saturated carbocycles. The molecule has 3 nitrogen and oxygen atoms in total. The van der Waals surface area contributed by atoms with Crippen molar-refractivity contribution >= 4 is 0 Å². The molecule has 3 aromatic rings. The van der Waals surface area contributed by atoms with Crippen LogP contribution in [0.15, 0.2) is 55.1 Å². The Labute approximate surface area is 131 Å². The molecule has 3 rings (SSSR count). The van der Waals surface area contributed by atoms with Gasteiger partial charge in [-0.25, -0.2) is 0 Å². The number of rotatable bonds is 2. The van der Waals surface area contributed by atoms with Crippen LogP contribution in [0.25, 0.3) is 11.4 Å². The molecule has 0 amide bonds. The largest absolute Gasteiger partial charge is 0.252 e. The summed E-state index contributed by atoms with van der Waals surface area (Å²) in [4.78, 5) is 4.19. The van der Waals surface area contributed by atoms with Gasteiger partial charge in [-0.3, -0.25) is 4.98 Å². The van der Waals surface area contributed by atoms with Crippen LogP contribution in [-0.4, -0.2) is 4.98 Å². The second-order valence-electron chi connectivity index (χ2n) is 5.73. The molecular weight excluding hydrogens is 270 g/mol. The zero-order valence-electron chi connectivity index (χ0n) is 13.5. The molecule has 3 heteroatoms. The van der Waals surface area contributed by atoms with Crippen molar-refractivity contribution in [2.45, 2.75) is 27.7 Å². The van der Waals surface area contributed by atoms with Crippen molar-refractivity contribution in [1.29, 1.82) is 0 Å². The molecule has 0 aliphatic heterocycles. The van der Waals surface area contributed by atoms with Crippen molar-refractivity contribution in [3.63, 3.8) is 0 Å².